The zero-order valence-corrected chi connectivity index (χ0v) is 17.4. The van der Waals surface area contributed by atoms with Crippen LogP contribution < -0.4 is 9.84 Å². The van der Waals surface area contributed by atoms with Crippen molar-refractivity contribution in [2.75, 3.05) is 0 Å². The molecule has 8 heteroatoms. The summed E-state index contributed by atoms with van der Waals surface area (Å²) in [7, 11) is 0. The number of carboxylic acids is 1. The molecule has 0 saturated carbocycles. The van der Waals surface area contributed by atoms with Gasteiger partial charge in [0.15, 0.2) is 0 Å². The lowest BCUT2D eigenvalue weighted by atomic mass is 9.96. The number of halogens is 4. The number of pyridine rings is 1. The Kier molecular flexibility index (Phi) is 6.19. The molecule has 0 spiro atoms. The molecule has 0 fully saturated rings. The molecule has 32 heavy (non-hydrogen) atoms. The minimum absolute atomic E-state index is 0.114. The molecular weight excluding hydrogens is 443 g/mol. The van der Waals surface area contributed by atoms with Crippen LogP contribution in [0.15, 0.2) is 48.7 Å². The number of carboxylic acid groups (broad SMARTS) is 1. The molecule has 0 saturated heterocycles. The molecule has 0 aliphatic heterocycles. The number of aromatic nitrogens is 1. The van der Waals surface area contributed by atoms with Crippen molar-refractivity contribution < 1.29 is 27.8 Å². The minimum atomic E-state index is -1.48. The summed E-state index contributed by atoms with van der Waals surface area (Å²) in [6, 6.07) is 8.64. The zero-order chi connectivity index (χ0) is 22.8. The van der Waals surface area contributed by atoms with Gasteiger partial charge < -0.3 is 14.6 Å². The summed E-state index contributed by atoms with van der Waals surface area (Å²) in [5.74, 6) is -3.54. The maximum atomic E-state index is 14.1. The summed E-state index contributed by atoms with van der Waals surface area (Å²) < 4.78 is 47.7. The summed E-state index contributed by atoms with van der Waals surface area (Å²) in [6.07, 6.45) is 3.23. The SMILES string of the molecule is O=C([O-])c1cc(F)cc(C2=C(c3cc(Cl)cnc3OCc3c(F)cccc3F)CCC2)c1. The molecule has 0 atom stereocenters. The van der Waals surface area contributed by atoms with E-state index < -0.39 is 30.0 Å². The standard InChI is InChI=1S/C24H17ClF3NO3/c25-15-10-19(23(29-11-15)32-12-20-21(27)5-2-6-22(20)28)18-4-1-3-17(18)13-7-14(24(30)31)9-16(26)8-13/h2,5-11H,1,3-4,12H2,(H,30,31)/p-1. The van der Waals surface area contributed by atoms with Gasteiger partial charge in [-0.1, -0.05) is 17.7 Å². The van der Waals surface area contributed by atoms with Crippen LogP contribution in [0.5, 0.6) is 5.88 Å². The summed E-state index contributed by atoms with van der Waals surface area (Å²) in [5.41, 5.74) is 1.87. The van der Waals surface area contributed by atoms with Crippen molar-refractivity contribution in [3.8, 4) is 5.88 Å². The van der Waals surface area contributed by atoms with Crippen molar-refractivity contribution in [1.82, 2.24) is 4.98 Å². The molecule has 0 N–H and O–H groups in total. The van der Waals surface area contributed by atoms with E-state index in [0.29, 0.717) is 29.0 Å². The van der Waals surface area contributed by atoms with Crippen molar-refractivity contribution in [2.45, 2.75) is 25.9 Å². The Bertz CT molecular complexity index is 1220. The van der Waals surface area contributed by atoms with Crippen LogP contribution >= 0.6 is 11.6 Å². The largest absolute Gasteiger partial charge is 0.545 e. The van der Waals surface area contributed by atoms with Gasteiger partial charge in [0.05, 0.1) is 16.6 Å². The van der Waals surface area contributed by atoms with Gasteiger partial charge in [0, 0.05) is 17.3 Å². The fourth-order valence-corrected chi connectivity index (χ4v) is 3.97. The Hall–Kier alpha value is -3.32. The van der Waals surface area contributed by atoms with Gasteiger partial charge in [0.25, 0.3) is 0 Å². The van der Waals surface area contributed by atoms with Gasteiger partial charge in [-0.05, 0) is 72.4 Å². The molecule has 164 valence electrons. The Morgan fingerprint density at radius 1 is 1.06 bits per heavy atom. The highest BCUT2D eigenvalue weighted by atomic mass is 35.5. The highest BCUT2D eigenvalue weighted by Gasteiger charge is 2.23. The first-order chi connectivity index (χ1) is 15.3. The summed E-state index contributed by atoms with van der Waals surface area (Å²) in [4.78, 5) is 15.4. The van der Waals surface area contributed by atoms with Crippen molar-refractivity contribution in [2.24, 2.45) is 0 Å². The summed E-state index contributed by atoms with van der Waals surface area (Å²) >= 11 is 6.14. The summed E-state index contributed by atoms with van der Waals surface area (Å²) in [5, 5.41) is 11.6. The lowest BCUT2D eigenvalue weighted by Crippen LogP contribution is -2.22. The number of nitrogens with zero attached hydrogens (tertiary/aromatic N) is 1. The molecule has 0 unspecified atom stereocenters. The van der Waals surface area contributed by atoms with Crippen molar-refractivity contribution in [3.63, 3.8) is 0 Å². The fourth-order valence-electron chi connectivity index (χ4n) is 3.81. The third-order valence-corrected chi connectivity index (χ3v) is 5.46. The minimum Gasteiger partial charge on any atom is -0.545 e. The van der Waals surface area contributed by atoms with E-state index in [1.54, 1.807) is 6.07 Å². The number of rotatable bonds is 6. The molecular formula is C24H16ClF3NO3-. The zero-order valence-electron chi connectivity index (χ0n) is 16.6. The average molecular weight is 459 g/mol. The molecule has 0 radical (unpaired) electrons. The van der Waals surface area contributed by atoms with Crippen LogP contribution in [0.1, 0.15) is 46.3 Å². The molecule has 4 nitrogen and oxygen atoms in total. The molecule has 1 aliphatic rings. The van der Waals surface area contributed by atoms with E-state index in [1.807, 2.05) is 0 Å². The molecule has 2 aromatic carbocycles. The number of hydrogen-bond donors (Lipinski definition) is 0. The first-order valence-corrected chi connectivity index (χ1v) is 10.2. The number of benzene rings is 2. The van der Waals surface area contributed by atoms with Gasteiger partial charge in [-0.15, -0.1) is 0 Å². The lowest BCUT2D eigenvalue weighted by Gasteiger charge is -2.15. The third kappa shape index (κ3) is 4.48. The van der Waals surface area contributed by atoms with Crippen LogP contribution in [0.2, 0.25) is 5.02 Å². The smallest absolute Gasteiger partial charge is 0.221 e. The van der Waals surface area contributed by atoms with Crippen LogP contribution in [-0.2, 0) is 6.61 Å². The molecule has 1 aromatic heterocycles. The highest BCUT2D eigenvalue weighted by molar-refractivity contribution is 6.30. The number of allylic oxidation sites excluding steroid dienone is 2. The van der Waals surface area contributed by atoms with E-state index in [-0.39, 0.29) is 17.0 Å². The second-order valence-electron chi connectivity index (χ2n) is 7.32. The maximum Gasteiger partial charge on any atom is 0.221 e. The number of ether oxygens (including phenoxy) is 1. The number of hydrogen-bond acceptors (Lipinski definition) is 4. The van der Waals surface area contributed by atoms with Crippen LogP contribution in [0.25, 0.3) is 11.1 Å². The Balaban J connectivity index is 1.76. The predicted molar refractivity (Wildman–Crippen MR) is 111 cm³/mol. The van der Waals surface area contributed by atoms with E-state index in [4.69, 9.17) is 16.3 Å². The quantitative estimate of drug-likeness (QED) is 0.510. The molecule has 1 heterocycles. The third-order valence-electron chi connectivity index (χ3n) is 5.26. The van der Waals surface area contributed by atoms with Gasteiger partial charge in [0.2, 0.25) is 5.88 Å². The highest BCUT2D eigenvalue weighted by Crippen LogP contribution is 2.43. The second kappa shape index (κ2) is 9.04. The lowest BCUT2D eigenvalue weighted by molar-refractivity contribution is -0.255. The predicted octanol–water partition coefficient (Wildman–Crippen LogP) is 5.19. The second-order valence-corrected chi connectivity index (χ2v) is 7.76. The average Bonchev–Trinajstić information content (AvgIpc) is 3.23. The molecule has 0 amide bonds. The van der Waals surface area contributed by atoms with Gasteiger partial charge in [-0.3, -0.25) is 0 Å². The van der Waals surface area contributed by atoms with Gasteiger partial charge in [0.1, 0.15) is 24.1 Å². The number of carbonyl (C=O) groups excluding carboxylic acids is 1. The van der Waals surface area contributed by atoms with E-state index in [0.717, 1.165) is 35.8 Å². The fraction of sp³-hybridized carbons (Fsp3) is 0.167. The van der Waals surface area contributed by atoms with Crippen molar-refractivity contribution in [1.29, 1.82) is 0 Å². The first-order valence-electron chi connectivity index (χ1n) is 9.79. The first kappa shape index (κ1) is 21.9. The topological polar surface area (TPSA) is 62.2 Å². The molecule has 1 aliphatic carbocycles. The van der Waals surface area contributed by atoms with E-state index in [1.165, 1.54) is 24.4 Å². The van der Waals surface area contributed by atoms with Crippen LogP contribution in [0.3, 0.4) is 0 Å². The monoisotopic (exact) mass is 458 g/mol. The normalized spacial score (nSPS) is 13.5. The Labute approximate surface area is 186 Å². The van der Waals surface area contributed by atoms with Crippen molar-refractivity contribution in [3.05, 3.63) is 93.4 Å². The maximum absolute atomic E-state index is 14.1. The van der Waals surface area contributed by atoms with Gasteiger partial charge in [-0.2, -0.15) is 0 Å². The van der Waals surface area contributed by atoms with Gasteiger partial charge in [-0.25, -0.2) is 18.2 Å². The summed E-state index contributed by atoms with van der Waals surface area (Å²) in [6.45, 7) is -0.391. The van der Waals surface area contributed by atoms with Gasteiger partial charge >= 0.3 is 0 Å². The van der Waals surface area contributed by atoms with E-state index in [9.17, 15) is 23.1 Å². The van der Waals surface area contributed by atoms with Crippen LogP contribution in [0, 0.1) is 17.5 Å². The molecule has 4 rings (SSSR count). The molecule has 0 bridgehead atoms. The number of aromatic carboxylic acids is 1. The van der Waals surface area contributed by atoms with E-state index in [2.05, 4.69) is 4.98 Å². The molecule has 3 aromatic rings. The Morgan fingerprint density at radius 2 is 1.78 bits per heavy atom. The Morgan fingerprint density at radius 3 is 2.50 bits per heavy atom. The van der Waals surface area contributed by atoms with Crippen LogP contribution in [-0.4, -0.2) is 11.0 Å². The van der Waals surface area contributed by atoms with Crippen molar-refractivity contribution >= 4 is 28.7 Å². The van der Waals surface area contributed by atoms with Crippen LogP contribution in [0.4, 0.5) is 13.2 Å². The van der Waals surface area contributed by atoms with E-state index >= 15 is 0 Å². The number of carbonyl (C=O) groups is 1.